The van der Waals surface area contributed by atoms with Crippen molar-refractivity contribution in [3.63, 3.8) is 0 Å². The molecule has 4 heteroatoms. The highest BCUT2D eigenvalue weighted by Gasteiger charge is 2.50. The van der Waals surface area contributed by atoms with E-state index in [9.17, 15) is 9.90 Å². The Bertz CT molecular complexity index is 501. The summed E-state index contributed by atoms with van der Waals surface area (Å²) in [4.78, 5) is 11.4. The summed E-state index contributed by atoms with van der Waals surface area (Å²) in [5.74, 6) is 2.55. The molecule has 4 bridgehead atoms. The second-order valence-corrected chi connectivity index (χ2v) is 6.59. The van der Waals surface area contributed by atoms with Crippen LogP contribution in [0.3, 0.4) is 0 Å². The molecule has 5 rings (SSSR count). The van der Waals surface area contributed by atoms with Gasteiger partial charge in [-0.25, -0.2) is 4.79 Å². The van der Waals surface area contributed by atoms with Crippen molar-refractivity contribution < 1.29 is 9.90 Å². The van der Waals surface area contributed by atoms with Crippen molar-refractivity contribution in [2.75, 3.05) is 0 Å². The van der Waals surface area contributed by atoms with Gasteiger partial charge >= 0.3 is 5.97 Å². The number of aromatic carboxylic acids is 1. The maximum absolute atomic E-state index is 11.4. The molecule has 1 aromatic heterocycles. The first kappa shape index (κ1) is 11.4. The van der Waals surface area contributed by atoms with E-state index in [1.807, 2.05) is 0 Å². The van der Waals surface area contributed by atoms with Crippen LogP contribution in [-0.2, 0) is 0 Å². The Balaban J connectivity index is 1.75. The standard InChI is InChI=1S/C15H18N2O2/c18-15(19)12-1-2-16-17-14(12)13-10-4-8-3-9(6-10)7-11(13)5-8/h1-2,8-11,13H,3-7H2,(H,18,19). The third-order valence-corrected chi connectivity index (χ3v) is 5.52. The lowest BCUT2D eigenvalue weighted by atomic mass is 9.51. The smallest absolute Gasteiger partial charge is 0.337 e. The fraction of sp³-hybridized carbons (Fsp3) is 0.667. The van der Waals surface area contributed by atoms with Crippen molar-refractivity contribution in [3.8, 4) is 0 Å². The largest absolute Gasteiger partial charge is 0.478 e. The molecule has 4 aliphatic rings. The first-order chi connectivity index (χ1) is 9.22. The zero-order chi connectivity index (χ0) is 13.0. The van der Waals surface area contributed by atoms with Gasteiger partial charge in [0.1, 0.15) is 0 Å². The summed E-state index contributed by atoms with van der Waals surface area (Å²) >= 11 is 0. The minimum Gasteiger partial charge on any atom is -0.478 e. The molecule has 4 aliphatic carbocycles. The number of carboxylic acid groups (broad SMARTS) is 1. The molecule has 4 saturated carbocycles. The lowest BCUT2D eigenvalue weighted by Crippen LogP contribution is -2.44. The molecule has 4 fully saturated rings. The maximum Gasteiger partial charge on any atom is 0.337 e. The Morgan fingerprint density at radius 2 is 1.74 bits per heavy atom. The minimum atomic E-state index is -0.862. The van der Waals surface area contributed by atoms with Gasteiger partial charge in [-0.05, 0) is 61.8 Å². The topological polar surface area (TPSA) is 63.1 Å². The predicted molar refractivity (Wildman–Crippen MR) is 68.8 cm³/mol. The Labute approximate surface area is 112 Å². The fourth-order valence-corrected chi connectivity index (χ4v) is 5.14. The SMILES string of the molecule is O=C(O)c1ccnnc1C1C2CC3CC(C2)CC1C3. The van der Waals surface area contributed by atoms with E-state index in [0.29, 0.717) is 23.3 Å². The molecule has 0 radical (unpaired) electrons. The van der Waals surface area contributed by atoms with Crippen LogP contribution in [-0.4, -0.2) is 21.3 Å². The second kappa shape index (κ2) is 4.02. The molecule has 1 N–H and O–H groups in total. The molecule has 0 spiro atoms. The molecule has 0 unspecified atom stereocenters. The van der Waals surface area contributed by atoms with Gasteiger partial charge in [0, 0.05) is 5.92 Å². The van der Waals surface area contributed by atoms with Crippen molar-refractivity contribution in [2.24, 2.45) is 23.7 Å². The Kier molecular flexibility index (Phi) is 2.41. The van der Waals surface area contributed by atoms with Crippen LogP contribution in [0.1, 0.15) is 54.1 Å². The van der Waals surface area contributed by atoms with E-state index in [1.54, 1.807) is 6.07 Å². The van der Waals surface area contributed by atoms with Crippen LogP contribution in [0.15, 0.2) is 12.3 Å². The molecule has 0 amide bonds. The summed E-state index contributed by atoms with van der Waals surface area (Å²) in [5, 5.41) is 17.5. The van der Waals surface area contributed by atoms with Crippen LogP contribution in [0.4, 0.5) is 0 Å². The Hall–Kier alpha value is -1.45. The summed E-state index contributed by atoms with van der Waals surface area (Å²) in [5.41, 5.74) is 1.12. The zero-order valence-corrected chi connectivity index (χ0v) is 10.8. The predicted octanol–water partition coefficient (Wildman–Crippen LogP) is 2.71. The van der Waals surface area contributed by atoms with Crippen LogP contribution in [0.2, 0.25) is 0 Å². The Morgan fingerprint density at radius 3 is 2.32 bits per heavy atom. The average molecular weight is 258 g/mol. The van der Waals surface area contributed by atoms with Gasteiger partial charge < -0.3 is 5.11 Å². The molecule has 19 heavy (non-hydrogen) atoms. The molecular weight excluding hydrogens is 240 g/mol. The highest BCUT2D eigenvalue weighted by Crippen LogP contribution is 2.59. The van der Waals surface area contributed by atoms with Crippen LogP contribution < -0.4 is 0 Å². The summed E-state index contributed by atoms with van der Waals surface area (Å²) in [6, 6.07) is 1.61. The lowest BCUT2D eigenvalue weighted by molar-refractivity contribution is -0.00484. The number of rotatable bonds is 2. The number of hydrogen-bond donors (Lipinski definition) is 1. The first-order valence-corrected chi connectivity index (χ1v) is 7.27. The summed E-state index contributed by atoms with van der Waals surface area (Å²) in [7, 11) is 0. The maximum atomic E-state index is 11.4. The van der Waals surface area contributed by atoms with Crippen molar-refractivity contribution in [2.45, 2.75) is 38.0 Å². The van der Waals surface area contributed by atoms with Gasteiger partial charge in [0.15, 0.2) is 0 Å². The van der Waals surface area contributed by atoms with Crippen molar-refractivity contribution >= 4 is 5.97 Å². The van der Waals surface area contributed by atoms with Crippen LogP contribution in [0.5, 0.6) is 0 Å². The number of carboxylic acids is 1. The Morgan fingerprint density at radius 1 is 1.11 bits per heavy atom. The van der Waals surface area contributed by atoms with Crippen molar-refractivity contribution in [3.05, 3.63) is 23.5 Å². The minimum absolute atomic E-state index is 0.340. The molecule has 0 aromatic carbocycles. The van der Waals surface area contributed by atoms with E-state index in [2.05, 4.69) is 10.2 Å². The van der Waals surface area contributed by atoms with E-state index in [0.717, 1.165) is 17.5 Å². The van der Waals surface area contributed by atoms with Gasteiger partial charge in [-0.1, -0.05) is 0 Å². The highest BCUT2D eigenvalue weighted by atomic mass is 16.4. The lowest BCUT2D eigenvalue weighted by Gasteiger charge is -2.54. The van der Waals surface area contributed by atoms with E-state index in [1.165, 1.54) is 38.3 Å². The fourth-order valence-electron chi connectivity index (χ4n) is 5.14. The summed E-state index contributed by atoms with van der Waals surface area (Å²) < 4.78 is 0. The monoisotopic (exact) mass is 258 g/mol. The van der Waals surface area contributed by atoms with Gasteiger partial charge in [-0.15, -0.1) is 0 Å². The zero-order valence-electron chi connectivity index (χ0n) is 10.8. The van der Waals surface area contributed by atoms with Gasteiger partial charge in [0.2, 0.25) is 0 Å². The van der Waals surface area contributed by atoms with Gasteiger partial charge in [0.05, 0.1) is 17.5 Å². The van der Waals surface area contributed by atoms with Gasteiger partial charge in [-0.3, -0.25) is 0 Å². The molecular formula is C15H18N2O2. The number of aromatic nitrogens is 2. The summed E-state index contributed by atoms with van der Waals surface area (Å²) in [6.07, 6.45) is 7.98. The second-order valence-electron chi connectivity index (χ2n) is 6.59. The molecule has 0 saturated heterocycles. The van der Waals surface area contributed by atoms with E-state index >= 15 is 0 Å². The van der Waals surface area contributed by atoms with E-state index in [-0.39, 0.29) is 0 Å². The quantitative estimate of drug-likeness (QED) is 0.886. The molecule has 1 heterocycles. The van der Waals surface area contributed by atoms with Gasteiger partial charge in [-0.2, -0.15) is 10.2 Å². The molecule has 1 aromatic rings. The van der Waals surface area contributed by atoms with E-state index in [4.69, 9.17) is 0 Å². The van der Waals surface area contributed by atoms with Crippen molar-refractivity contribution in [1.82, 2.24) is 10.2 Å². The third kappa shape index (κ3) is 1.69. The van der Waals surface area contributed by atoms with Gasteiger partial charge in [0.25, 0.3) is 0 Å². The molecule has 4 nitrogen and oxygen atoms in total. The summed E-state index contributed by atoms with van der Waals surface area (Å²) in [6.45, 7) is 0. The highest BCUT2D eigenvalue weighted by molar-refractivity contribution is 5.88. The average Bonchev–Trinajstić information content (AvgIpc) is 2.37. The number of hydrogen-bond acceptors (Lipinski definition) is 3. The molecule has 100 valence electrons. The number of carbonyl (C=O) groups is 1. The number of nitrogens with zero attached hydrogens (tertiary/aromatic N) is 2. The first-order valence-electron chi connectivity index (χ1n) is 7.27. The van der Waals surface area contributed by atoms with Crippen LogP contribution >= 0.6 is 0 Å². The third-order valence-electron chi connectivity index (χ3n) is 5.52. The molecule has 0 atom stereocenters. The van der Waals surface area contributed by atoms with E-state index < -0.39 is 5.97 Å². The van der Waals surface area contributed by atoms with Crippen molar-refractivity contribution in [1.29, 1.82) is 0 Å². The van der Waals surface area contributed by atoms with Crippen LogP contribution in [0.25, 0.3) is 0 Å². The normalized spacial score (nSPS) is 39.5. The molecule has 0 aliphatic heterocycles. The van der Waals surface area contributed by atoms with Crippen LogP contribution in [0, 0.1) is 23.7 Å².